The van der Waals surface area contributed by atoms with Crippen LogP contribution in [0.15, 0.2) is 23.3 Å². The Bertz CT molecular complexity index is 848. The van der Waals surface area contributed by atoms with Crippen LogP contribution in [0.1, 0.15) is 40.0 Å². The van der Waals surface area contributed by atoms with Crippen LogP contribution in [0.5, 0.6) is 0 Å². The lowest BCUT2D eigenvalue weighted by atomic mass is 9.58. The van der Waals surface area contributed by atoms with Crippen LogP contribution in [-0.4, -0.2) is 53.0 Å². The second-order valence-corrected chi connectivity index (χ2v) is 9.59. The van der Waals surface area contributed by atoms with Gasteiger partial charge < -0.3 is 24.1 Å². The number of fused-ring (bicyclic) bond motifs is 5. The van der Waals surface area contributed by atoms with Gasteiger partial charge in [-0.3, -0.25) is 0 Å². The van der Waals surface area contributed by atoms with Gasteiger partial charge in [0.15, 0.2) is 0 Å². The van der Waals surface area contributed by atoms with Crippen molar-refractivity contribution in [3.63, 3.8) is 0 Å². The minimum atomic E-state index is -1.07. The van der Waals surface area contributed by atoms with E-state index >= 15 is 0 Å². The van der Waals surface area contributed by atoms with Gasteiger partial charge in [0.05, 0.1) is 6.10 Å². The van der Waals surface area contributed by atoms with Crippen molar-refractivity contribution in [2.45, 2.75) is 74.8 Å². The molecule has 0 bridgehead atoms. The Morgan fingerprint density at radius 3 is 2.78 bits per heavy atom. The molecule has 0 aromatic rings. The number of rotatable bonds is 1. The summed E-state index contributed by atoms with van der Waals surface area (Å²) in [6.07, 6.45) is 1.34. The molecule has 3 aliphatic carbocycles. The summed E-state index contributed by atoms with van der Waals surface area (Å²) in [6, 6.07) is 0. The molecule has 3 heterocycles. The monoisotopic (exact) mass is 374 g/mol. The van der Waals surface area contributed by atoms with Crippen molar-refractivity contribution in [1.29, 1.82) is 0 Å². The number of epoxide rings is 2. The first-order valence-corrected chi connectivity index (χ1v) is 9.92. The standard InChI is InChI=1S/C21H26O6/c1-9-6-7-20(24-5)13(11(3)16(23)25-20)14-12(9)21-15(22)10(2)8-19(21,27-21)17-18(14,4)26-17/h10,12,14-15,17,22H,1,6-8H2,2-5H3/t10-,12-,14+,15+,17+,18+,19+,20+,21+/m1/s1. The quantitative estimate of drug-likeness (QED) is 0.429. The lowest BCUT2D eigenvalue weighted by Gasteiger charge is -2.41. The van der Waals surface area contributed by atoms with Crippen LogP contribution < -0.4 is 0 Å². The molecule has 146 valence electrons. The van der Waals surface area contributed by atoms with E-state index in [0.717, 1.165) is 17.6 Å². The first-order valence-electron chi connectivity index (χ1n) is 9.92. The minimum Gasteiger partial charge on any atom is -0.426 e. The van der Waals surface area contributed by atoms with E-state index in [0.29, 0.717) is 18.4 Å². The number of aliphatic hydroxyl groups is 1. The van der Waals surface area contributed by atoms with Gasteiger partial charge in [0.2, 0.25) is 5.79 Å². The van der Waals surface area contributed by atoms with Gasteiger partial charge in [-0.05, 0) is 32.6 Å². The van der Waals surface area contributed by atoms with E-state index in [1.54, 1.807) is 7.11 Å². The summed E-state index contributed by atoms with van der Waals surface area (Å²) in [7, 11) is 1.59. The molecular formula is C21H26O6. The molecular weight excluding hydrogens is 348 g/mol. The summed E-state index contributed by atoms with van der Waals surface area (Å²) in [5.74, 6) is -1.52. The van der Waals surface area contributed by atoms with Crippen molar-refractivity contribution in [1.82, 2.24) is 0 Å². The van der Waals surface area contributed by atoms with Crippen LogP contribution in [0.25, 0.3) is 0 Å². The molecule has 3 aliphatic heterocycles. The molecule has 27 heavy (non-hydrogen) atoms. The average molecular weight is 374 g/mol. The van der Waals surface area contributed by atoms with Crippen molar-refractivity contribution in [3.05, 3.63) is 23.3 Å². The topological polar surface area (TPSA) is 80.8 Å². The largest absolute Gasteiger partial charge is 0.426 e. The van der Waals surface area contributed by atoms with E-state index in [1.807, 2.05) is 6.92 Å². The molecule has 2 saturated heterocycles. The van der Waals surface area contributed by atoms with Gasteiger partial charge in [-0.15, -0.1) is 0 Å². The van der Waals surface area contributed by atoms with Crippen LogP contribution >= 0.6 is 0 Å². The summed E-state index contributed by atoms with van der Waals surface area (Å²) >= 11 is 0. The zero-order chi connectivity index (χ0) is 19.1. The Hall–Kier alpha value is -1.21. The highest BCUT2D eigenvalue weighted by Crippen LogP contribution is 2.81. The molecule has 1 N–H and O–H groups in total. The highest BCUT2D eigenvalue weighted by Gasteiger charge is 2.95. The summed E-state index contributed by atoms with van der Waals surface area (Å²) in [4.78, 5) is 12.5. The minimum absolute atomic E-state index is 0.0812. The van der Waals surface area contributed by atoms with E-state index in [2.05, 4.69) is 20.4 Å². The van der Waals surface area contributed by atoms with E-state index in [1.165, 1.54) is 0 Å². The highest BCUT2D eigenvalue weighted by molar-refractivity contribution is 5.92. The number of carbonyl (C=O) groups excluding carboxylic acids is 1. The maximum Gasteiger partial charge on any atom is 0.336 e. The van der Waals surface area contributed by atoms with Gasteiger partial charge >= 0.3 is 5.97 Å². The fourth-order valence-electron chi connectivity index (χ4n) is 7.33. The first kappa shape index (κ1) is 16.7. The van der Waals surface area contributed by atoms with E-state index in [-0.39, 0.29) is 29.8 Å². The molecule has 6 nitrogen and oxygen atoms in total. The maximum atomic E-state index is 12.5. The van der Waals surface area contributed by atoms with Crippen LogP contribution in [0.4, 0.5) is 0 Å². The van der Waals surface area contributed by atoms with Gasteiger partial charge in [-0.2, -0.15) is 0 Å². The fourth-order valence-corrected chi connectivity index (χ4v) is 7.33. The number of esters is 1. The number of aliphatic hydroxyl groups excluding tert-OH is 1. The normalized spacial score (nSPS) is 60.0. The van der Waals surface area contributed by atoms with E-state index < -0.39 is 28.7 Å². The van der Waals surface area contributed by atoms with Crippen molar-refractivity contribution in [2.24, 2.45) is 17.8 Å². The lowest BCUT2D eigenvalue weighted by Crippen LogP contribution is -2.55. The fraction of sp³-hybridized carbons (Fsp3) is 0.762. The number of methoxy groups -OCH3 is 1. The van der Waals surface area contributed by atoms with Crippen LogP contribution in [0.3, 0.4) is 0 Å². The Balaban J connectivity index is 1.61. The van der Waals surface area contributed by atoms with Gasteiger partial charge in [0.25, 0.3) is 0 Å². The molecule has 6 aliphatic rings. The van der Waals surface area contributed by atoms with Crippen LogP contribution in [-0.2, 0) is 23.7 Å². The third-order valence-electron chi connectivity index (χ3n) is 8.48. The molecule has 0 amide bonds. The molecule has 0 radical (unpaired) electrons. The van der Waals surface area contributed by atoms with Crippen LogP contribution in [0.2, 0.25) is 0 Å². The van der Waals surface area contributed by atoms with Crippen molar-refractivity contribution in [3.8, 4) is 0 Å². The smallest absolute Gasteiger partial charge is 0.336 e. The number of carbonyl (C=O) groups is 1. The molecule has 6 heteroatoms. The number of ether oxygens (including phenoxy) is 4. The van der Waals surface area contributed by atoms with Crippen molar-refractivity contribution >= 4 is 5.97 Å². The van der Waals surface area contributed by atoms with Gasteiger partial charge in [-0.1, -0.05) is 19.1 Å². The molecule has 0 aromatic carbocycles. The molecule has 0 unspecified atom stereocenters. The summed E-state index contributed by atoms with van der Waals surface area (Å²) in [6.45, 7) is 10.4. The molecule has 0 aromatic heterocycles. The van der Waals surface area contributed by atoms with Gasteiger partial charge in [-0.25, -0.2) is 4.79 Å². The van der Waals surface area contributed by atoms with Crippen LogP contribution in [0, 0.1) is 17.8 Å². The Kier molecular flexibility index (Phi) is 2.69. The average Bonchev–Trinajstić information content (AvgIpc) is 3.47. The zero-order valence-electron chi connectivity index (χ0n) is 16.2. The van der Waals surface area contributed by atoms with Gasteiger partial charge in [0, 0.05) is 36.5 Å². The molecule has 3 saturated carbocycles. The summed E-state index contributed by atoms with van der Waals surface area (Å²) in [5, 5.41) is 11.2. The van der Waals surface area contributed by atoms with E-state index in [9.17, 15) is 9.90 Å². The predicted molar refractivity (Wildman–Crippen MR) is 93.5 cm³/mol. The second-order valence-electron chi connectivity index (χ2n) is 9.59. The summed E-state index contributed by atoms with van der Waals surface area (Å²) in [5.41, 5.74) is 0.944. The highest BCUT2D eigenvalue weighted by atomic mass is 16.7. The summed E-state index contributed by atoms with van der Waals surface area (Å²) < 4.78 is 24.4. The molecule has 6 rings (SSSR count). The number of hydrogen-bond donors (Lipinski definition) is 1. The van der Waals surface area contributed by atoms with Crippen molar-refractivity contribution < 1.29 is 28.8 Å². The van der Waals surface area contributed by atoms with E-state index in [4.69, 9.17) is 18.9 Å². The maximum absolute atomic E-state index is 12.5. The Morgan fingerprint density at radius 2 is 2.07 bits per heavy atom. The zero-order valence-corrected chi connectivity index (χ0v) is 16.2. The second kappa shape index (κ2) is 4.35. The predicted octanol–water partition coefficient (Wildman–Crippen LogP) is 1.86. The first-order chi connectivity index (χ1) is 12.7. The van der Waals surface area contributed by atoms with Gasteiger partial charge in [0.1, 0.15) is 22.9 Å². The molecule has 0 spiro atoms. The lowest BCUT2D eigenvalue weighted by molar-refractivity contribution is -0.196. The molecule has 9 atom stereocenters. The SMILES string of the molecule is C=C1CC[C@]2(OC)OC(=O)C(C)=C2[C@@H]2[C@@H]1[C@@]13O[C@@]1(C[C@@H](C)[C@@H]3O)[C@H]1O[C@@]21C. The number of hydrogen-bond acceptors (Lipinski definition) is 6. The van der Waals surface area contributed by atoms with Crippen molar-refractivity contribution in [2.75, 3.05) is 7.11 Å². The Labute approximate surface area is 158 Å². The third-order valence-corrected chi connectivity index (χ3v) is 8.48. The Morgan fingerprint density at radius 1 is 1.33 bits per heavy atom. The molecule has 5 fully saturated rings. The third kappa shape index (κ3) is 1.46.